The smallest absolute Gasteiger partial charge is 0.116 e. The average Bonchev–Trinajstić information content (AvgIpc) is 2.80. The molecule has 1 aliphatic heterocycles. The summed E-state index contributed by atoms with van der Waals surface area (Å²) in [6.07, 6.45) is 5.36. The summed E-state index contributed by atoms with van der Waals surface area (Å²) < 4.78 is 5.68. The van der Waals surface area contributed by atoms with E-state index in [1.165, 1.54) is 10.4 Å². The van der Waals surface area contributed by atoms with Crippen LogP contribution in [0.1, 0.15) is 36.2 Å². The summed E-state index contributed by atoms with van der Waals surface area (Å²) >= 11 is 1.74. The van der Waals surface area contributed by atoms with Crippen molar-refractivity contribution in [1.82, 2.24) is 5.43 Å². The second-order valence-electron chi connectivity index (χ2n) is 3.86. The number of hydrogen-bond donors (Lipinski definition) is 2. The van der Waals surface area contributed by atoms with Gasteiger partial charge in [0.05, 0.1) is 6.61 Å². The highest BCUT2D eigenvalue weighted by Crippen LogP contribution is 2.31. The van der Waals surface area contributed by atoms with Crippen LogP contribution in [0.3, 0.4) is 0 Å². The summed E-state index contributed by atoms with van der Waals surface area (Å²) in [5.41, 5.74) is 4.22. The van der Waals surface area contributed by atoms with E-state index in [1.807, 2.05) is 0 Å². The lowest BCUT2D eigenvalue weighted by Gasteiger charge is -2.23. The van der Waals surface area contributed by atoms with Crippen LogP contribution in [0, 0.1) is 0 Å². The van der Waals surface area contributed by atoms with Crippen molar-refractivity contribution >= 4 is 11.3 Å². The van der Waals surface area contributed by atoms with Crippen molar-refractivity contribution in [3.8, 4) is 0 Å². The summed E-state index contributed by atoms with van der Waals surface area (Å²) in [6.45, 7) is 2.96. The molecule has 1 unspecified atom stereocenters. The predicted octanol–water partition coefficient (Wildman–Crippen LogP) is 2.51. The number of hydrogen-bond acceptors (Lipinski definition) is 4. The maximum absolute atomic E-state index is 5.68. The molecule has 0 saturated heterocycles. The van der Waals surface area contributed by atoms with Gasteiger partial charge in [-0.2, -0.15) is 0 Å². The van der Waals surface area contributed by atoms with Crippen LogP contribution in [0.5, 0.6) is 0 Å². The van der Waals surface area contributed by atoms with Crippen LogP contribution in [0.25, 0.3) is 0 Å². The first kappa shape index (κ1) is 11.6. The number of hydrazine groups is 1. The van der Waals surface area contributed by atoms with E-state index in [-0.39, 0.29) is 6.04 Å². The number of aryl methyl sites for hydroxylation is 1. The van der Waals surface area contributed by atoms with Crippen molar-refractivity contribution in [3.05, 3.63) is 33.7 Å². The third-order valence-corrected chi connectivity index (χ3v) is 3.86. The summed E-state index contributed by atoms with van der Waals surface area (Å²) in [5.74, 6) is 6.63. The molecule has 3 N–H and O–H groups in total. The molecule has 0 aliphatic carbocycles. The molecular weight excluding hydrogens is 220 g/mol. The van der Waals surface area contributed by atoms with Crippen molar-refractivity contribution < 1.29 is 4.74 Å². The van der Waals surface area contributed by atoms with Gasteiger partial charge in [-0.3, -0.25) is 5.84 Å². The number of ether oxygens (including phenoxy) is 1. The Morgan fingerprint density at radius 3 is 3.12 bits per heavy atom. The first-order valence-corrected chi connectivity index (χ1v) is 6.60. The zero-order chi connectivity index (χ0) is 11.4. The molecule has 2 rings (SSSR count). The SMILES string of the molecule is CCc1ccsc1C(NN)C1=CCCCO1. The van der Waals surface area contributed by atoms with Crippen LogP contribution in [-0.4, -0.2) is 6.61 Å². The second-order valence-corrected chi connectivity index (χ2v) is 4.81. The van der Waals surface area contributed by atoms with E-state index in [2.05, 4.69) is 29.9 Å². The lowest BCUT2D eigenvalue weighted by molar-refractivity contribution is 0.168. The molecule has 2 heterocycles. The molecule has 1 atom stereocenters. The normalized spacial score (nSPS) is 17.8. The van der Waals surface area contributed by atoms with E-state index in [9.17, 15) is 0 Å². The maximum Gasteiger partial charge on any atom is 0.116 e. The van der Waals surface area contributed by atoms with Crippen molar-refractivity contribution in [2.75, 3.05) is 6.61 Å². The lowest BCUT2D eigenvalue weighted by atomic mass is 10.1. The molecule has 1 aromatic rings. The fraction of sp³-hybridized carbons (Fsp3) is 0.500. The molecule has 0 fully saturated rings. The lowest BCUT2D eigenvalue weighted by Crippen LogP contribution is -2.31. The van der Waals surface area contributed by atoms with Gasteiger partial charge in [0.15, 0.2) is 0 Å². The number of allylic oxidation sites excluding steroid dienone is 1. The molecule has 0 amide bonds. The van der Waals surface area contributed by atoms with E-state index >= 15 is 0 Å². The Morgan fingerprint density at radius 2 is 2.50 bits per heavy atom. The standard InChI is InChI=1S/C12H18N2OS/c1-2-9-6-8-16-12(9)11(14-13)10-5-3-4-7-15-10/h5-6,8,11,14H,2-4,7,13H2,1H3. The molecule has 0 aromatic carbocycles. The molecule has 4 heteroatoms. The maximum atomic E-state index is 5.68. The molecule has 1 aliphatic rings. The highest BCUT2D eigenvalue weighted by Gasteiger charge is 2.21. The summed E-state index contributed by atoms with van der Waals surface area (Å²) in [4.78, 5) is 1.28. The van der Waals surface area contributed by atoms with E-state index in [1.54, 1.807) is 11.3 Å². The van der Waals surface area contributed by atoms with E-state index < -0.39 is 0 Å². The first-order valence-electron chi connectivity index (χ1n) is 5.72. The van der Waals surface area contributed by atoms with Gasteiger partial charge in [-0.1, -0.05) is 6.92 Å². The van der Waals surface area contributed by atoms with E-state index in [4.69, 9.17) is 10.6 Å². The Labute approximate surface area is 100 Å². The van der Waals surface area contributed by atoms with Gasteiger partial charge in [0.1, 0.15) is 11.8 Å². The quantitative estimate of drug-likeness (QED) is 0.626. The molecule has 3 nitrogen and oxygen atoms in total. The molecule has 16 heavy (non-hydrogen) atoms. The Hall–Kier alpha value is -0.840. The number of nitrogens with one attached hydrogen (secondary N) is 1. The highest BCUT2D eigenvalue weighted by molar-refractivity contribution is 7.10. The Bertz CT molecular complexity index is 373. The van der Waals surface area contributed by atoms with Crippen molar-refractivity contribution in [3.63, 3.8) is 0 Å². The third kappa shape index (κ3) is 2.29. The fourth-order valence-electron chi connectivity index (χ4n) is 1.96. The van der Waals surface area contributed by atoms with Gasteiger partial charge in [0.2, 0.25) is 0 Å². The summed E-state index contributed by atoms with van der Waals surface area (Å²) in [6, 6.07) is 2.18. The van der Waals surface area contributed by atoms with E-state index in [0.717, 1.165) is 31.6 Å². The largest absolute Gasteiger partial charge is 0.496 e. The predicted molar refractivity (Wildman–Crippen MR) is 67.0 cm³/mol. The monoisotopic (exact) mass is 238 g/mol. The summed E-state index contributed by atoms with van der Waals surface area (Å²) in [7, 11) is 0. The molecule has 0 spiro atoms. The van der Waals surface area contributed by atoms with Crippen molar-refractivity contribution in [2.24, 2.45) is 5.84 Å². The number of nitrogens with two attached hydrogens (primary N) is 1. The van der Waals surface area contributed by atoms with E-state index in [0.29, 0.717) is 0 Å². The van der Waals surface area contributed by atoms with Gasteiger partial charge >= 0.3 is 0 Å². The van der Waals surface area contributed by atoms with Gasteiger partial charge in [-0.05, 0) is 42.3 Å². The van der Waals surface area contributed by atoms with Crippen LogP contribution < -0.4 is 11.3 Å². The fourth-order valence-corrected chi connectivity index (χ4v) is 3.02. The minimum Gasteiger partial charge on any atom is -0.496 e. The summed E-state index contributed by atoms with van der Waals surface area (Å²) in [5, 5.41) is 2.11. The molecule has 0 radical (unpaired) electrons. The van der Waals surface area contributed by atoms with Crippen LogP contribution in [0.2, 0.25) is 0 Å². The Kier molecular flexibility index (Phi) is 3.98. The van der Waals surface area contributed by atoms with Crippen LogP contribution in [0.4, 0.5) is 0 Å². The minimum atomic E-state index is 0.0234. The zero-order valence-corrected chi connectivity index (χ0v) is 10.3. The van der Waals surface area contributed by atoms with Crippen molar-refractivity contribution in [1.29, 1.82) is 0 Å². The molecular formula is C12H18N2OS. The third-order valence-electron chi connectivity index (χ3n) is 2.84. The number of rotatable bonds is 4. The van der Waals surface area contributed by atoms with Crippen LogP contribution in [0.15, 0.2) is 23.3 Å². The van der Waals surface area contributed by atoms with Crippen LogP contribution in [-0.2, 0) is 11.2 Å². The van der Waals surface area contributed by atoms with Crippen molar-refractivity contribution in [2.45, 2.75) is 32.2 Å². The van der Waals surface area contributed by atoms with Gasteiger partial charge in [-0.15, -0.1) is 11.3 Å². The highest BCUT2D eigenvalue weighted by atomic mass is 32.1. The Balaban J connectivity index is 2.24. The second kappa shape index (κ2) is 5.48. The minimum absolute atomic E-state index is 0.0234. The van der Waals surface area contributed by atoms with Gasteiger partial charge in [-0.25, -0.2) is 5.43 Å². The first-order chi connectivity index (χ1) is 7.86. The Morgan fingerprint density at radius 1 is 1.62 bits per heavy atom. The molecule has 1 aromatic heterocycles. The molecule has 0 saturated carbocycles. The topological polar surface area (TPSA) is 47.3 Å². The molecule has 88 valence electrons. The zero-order valence-electron chi connectivity index (χ0n) is 9.53. The van der Waals surface area contributed by atoms with Crippen LogP contribution >= 0.6 is 11.3 Å². The molecule has 0 bridgehead atoms. The van der Waals surface area contributed by atoms with Gasteiger partial charge in [0, 0.05) is 4.88 Å². The van der Waals surface area contributed by atoms with Gasteiger partial charge < -0.3 is 4.74 Å². The van der Waals surface area contributed by atoms with Gasteiger partial charge in [0.25, 0.3) is 0 Å². The number of thiophene rings is 1. The average molecular weight is 238 g/mol.